The quantitative estimate of drug-likeness (QED) is 0.611. The van der Waals surface area contributed by atoms with Crippen LogP contribution in [-0.4, -0.2) is 13.1 Å². The number of hydrogen-bond donors (Lipinski definition) is 0. The number of methoxy groups -OCH3 is 1. The highest BCUT2D eigenvalue weighted by molar-refractivity contribution is 9.08. The van der Waals surface area contributed by atoms with Crippen molar-refractivity contribution in [2.24, 2.45) is 0 Å². The molecule has 0 bridgehead atoms. The van der Waals surface area contributed by atoms with E-state index in [1.807, 2.05) is 13.0 Å². The number of nitriles is 1. The van der Waals surface area contributed by atoms with Gasteiger partial charge >= 0.3 is 5.97 Å². The molecule has 1 aromatic rings. The van der Waals surface area contributed by atoms with Crippen LogP contribution in [0.4, 0.5) is 0 Å². The van der Waals surface area contributed by atoms with Crippen molar-refractivity contribution in [1.82, 2.24) is 0 Å². The topological polar surface area (TPSA) is 50.1 Å². The summed E-state index contributed by atoms with van der Waals surface area (Å²) in [7, 11) is 1.30. The van der Waals surface area contributed by atoms with Crippen molar-refractivity contribution >= 4 is 21.9 Å². The Bertz CT molecular complexity index is 435. The number of nitrogens with zero attached hydrogens (tertiary/aromatic N) is 1. The number of alkyl halides is 1. The van der Waals surface area contributed by atoms with E-state index in [1.165, 1.54) is 7.11 Å². The van der Waals surface area contributed by atoms with Gasteiger partial charge in [0, 0.05) is 5.33 Å². The Kier molecular flexibility index (Phi) is 3.87. The predicted octanol–water partition coefficient (Wildman–Crippen LogP) is 2.55. The molecule has 0 unspecified atom stereocenters. The summed E-state index contributed by atoms with van der Waals surface area (Å²) < 4.78 is 4.61. The number of benzene rings is 1. The second-order valence-corrected chi connectivity index (χ2v) is 3.62. The Morgan fingerprint density at radius 3 is 2.73 bits per heavy atom. The van der Waals surface area contributed by atoms with Gasteiger partial charge in [0.15, 0.2) is 0 Å². The molecule has 0 N–H and O–H groups in total. The lowest BCUT2D eigenvalue weighted by Crippen LogP contribution is -2.05. The number of halogens is 1. The average Bonchev–Trinajstić information content (AvgIpc) is 2.27. The molecule has 0 fully saturated rings. The molecule has 0 amide bonds. The third-order valence-electron chi connectivity index (χ3n) is 2.15. The van der Waals surface area contributed by atoms with Gasteiger partial charge in [-0.25, -0.2) is 4.79 Å². The van der Waals surface area contributed by atoms with Gasteiger partial charge in [0.25, 0.3) is 0 Å². The molecule has 0 aliphatic carbocycles. The number of aryl methyl sites for hydroxylation is 1. The number of ether oxygens (including phenoxy) is 1. The first kappa shape index (κ1) is 11.7. The summed E-state index contributed by atoms with van der Waals surface area (Å²) >= 11 is 3.32. The Morgan fingerprint density at radius 2 is 2.27 bits per heavy atom. The van der Waals surface area contributed by atoms with Gasteiger partial charge < -0.3 is 4.74 Å². The van der Waals surface area contributed by atoms with Crippen LogP contribution in [0.25, 0.3) is 0 Å². The van der Waals surface area contributed by atoms with Crippen LogP contribution in [-0.2, 0) is 10.1 Å². The highest BCUT2D eigenvalue weighted by Crippen LogP contribution is 2.19. The van der Waals surface area contributed by atoms with Crippen molar-refractivity contribution in [3.63, 3.8) is 0 Å². The van der Waals surface area contributed by atoms with E-state index in [9.17, 15) is 4.79 Å². The highest BCUT2D eigenvalue weighted by Gasteiger charge is 2.13. The minimum absolute atomic E-state index is 0.319. The van der Waals surface area contributed by atoms with Gasteiger partial charge in [-0.05, 0) is 30.2 Å². The van der Waals surface area contributed by atoms with Gasteiger partial charge in [-0.3, -0.25) is 0 Å². The second-order valence-electron chi connectivity index (χ2n) is 3.06. The molecule has 0 aliphatic rings. The average molecular weight is 268 g/mol. The fourth-order valence-electron chi connectivity index (χ4n) is 1.27. The van der Waals surface area contributed by atoms with Crippen LogP contribution < -0.4 is 0 Å². The highest BCUT2D eigenvalue weighted by atomic mass is 79.9. The van der Waals surface area contributed by atoms with Crippen molar-refractivity contribution in [1.29, 1.82) is 5.26 Å². The molecule has 78 valence electrons. The molecule has 1 rings (SSSR count). The lowest BCUT2D eigenvalue weighted by atomic mass is 10.0. The molecule has 0 aromatic heterocycles. The Balaban J connectivity index is 3.37. The zero-order chi connectivity index (χ0) is 11.4. The van der Waals surface area contributed by atoms with Crippen LogP contribution >= 0.6 is 15.9 Å². The minimum Gasteiger partial charge on any atom is -0.465 e. The molecule has 0 saturated carbocycles. The molecule has 1 aromatic carbocycles. The van der Waals surface area contributed by atoms with Gasteiger partial charge in [-0.2, -0.15) is 5.26 Å². The van der Waals surface area contributed by atoms with Crippen molar-refractivity contribution < 1.29 is 9.53 Å². The first-order valence-corrected chi connectivity index (χ1v) is 5.44. The third-order valence-corrected chi connectivity index (χ3v) is 2.75. The maximum Gasteiger partial charge on any atom is 0.339 e. The van der Waals surface area contributed by atoms with Gasteiger partial charge in [-0.1, -0.05) is 15.9 Å². The van der Waals surface area contributed by atoms with Crippen LogP contribution in [0.15, 0.2) is 12.1 Å². The van der Waals surface area contributed by atoms with E-state index >= 15 is 0 Å². The van der Waals surface area contributed by atoms with Crippen LogP contribution in [0.5, 0.6) is 0 Å². The summed E-state index contributed by atoms with van der Waals surface area (Å²) in [5.41, 5.74) is 2.63. The number of hydrogen-bond acceptors (Lipinski definition) is 3. The van der Waals surface area contributed by atoms with E-state index < -0.39 is 5.97 Å². The van der Waals surface area contributed by atoms with E-state index in [2.05, 4.69) is 20.7 Å². The van der Waals surface area contributed by atoms with E-state index in [1.54, 1.807) is 12.1 Å². The number of carbonyl (C=O) groups is 1. The van der Waals surface area contributed by atoms with Crippen molar-refractivity contribution in [3.8, 4) is 6.07 Å². The molecular weight excluding hydrogens is 258 g/mol. The Labute approximate surface area is 96.8 Å². The van der Waals surface area contributed by atoms with Crippen molar-refractivity contribution in [2.75, 3.05) is 7.11 Å². The van der Waals surface area contributed by atoms with E-state index in [0.29, 0.717) is 16.5 Å². The van der Waals surface area contributed by atoms with Crippen LogP contribution in [0, 0.1) is 18.3 Å². The zero-order valence-corrected chi connectivity index (χ0v) is 10.1. The lowest BCUT2D eigenvalue weighted by molar-refractivity contribution is 0.0600. The Hall–Kier alpha value is -1.34. The second kappa shape index (κ2) is 4.94. The van der Waals surface area contributed by atoms with Crippen LogP contribution in [0.1, 0.15) is 27.0 Å². The first-order valence-electron chi connectivity index (χ1n) is 4.32. The molecule has 0 spiro atoms. The summed E-state index contributed by atoms with van der Waals surface area (Å²) in [6.07, 6.45) is 0. The van der Waals surface area contributed by atoms with Crippen molar-refractivity contribution in [3.05, 3.63) is 34.4 Å². The van der Waals surface area contributed by atoms with E-state index in [4.69, 9.17) is 5.26 Å². The summed E-state index contributed by atoms with van der Waals surface area (Å²) in [6, 6.07) is 5.37. The van der Waals surface area contributed by atoms with Gasteiger partial charge in [0.1, 0.15) is 6.07 Å². The normalized spacial score (nSPS) is 9.47. The van der Waals surface area contributed by atoms with Crippen LogP contribution in [0.2, 0.25) is 0 Å². The summed E-state index contributed by atoms with van der Waals surface area (Å²) in [5, 5.41) is 9.53. The predicted molar refractivity (Wildman–Crippen MR) is 59.9 cm³/mol. The van der Waals surface area contributed by atoms with E-state index in [0.717, 1.165) is 11.1 Å². The number of esters is 1. The Morgan fingerprint density at radius 1 is 1.60 bits per heavy atom. The minimum atomic E-state index is -0.478. The molecule has 3 nitrogen and oxygen atoms in total. The van der Waals surface area contributed by atoms with E-state index in [-0.39, 0.29) is 0 Å². The molecule has 0 heterocycles. The van der Waals surface area contributed by atoms with Crippen molar-refractivity contribution in [2.45, 2.75) is 12.3 Å². The van der Waals surface area contributed by atoms with Gasteiger partial charge in [0.2, 0.25) is 0 Å². The monoisotopic (exact) mass is 267 g/mol. The molecule has 4 heteroatoms. The maximum atomic E-state index is 11.4. The largest absolute Gasteiger partial charge is 0.465 e. The van der Waals surface area contributed by atoms with Crippen LogP contribution in [0.3, 0.4) is 0 Å². The standard InChI is InChI=1S/C11H10BrNO2/c1-7-3-9(6-13)10(11(14)15-2)4-8(7)5-12/h3-4H,5H2,1-2H3. The maximum absolute atomic E-state index is 11.4. The number of carbonyl (C=O) groups excluding carboxylic acids is 1. The summed E-state index contributed by atoms with van der Waals surface area (Å²) in [4.78, 5) is 11.4. The lowest BCUT2D eigenvalue weighted by Gasteiger charge is -2.07. The zero-order valence-electron chi connectivity index (χ0n) is 8.50. The molecular formula is C11H10BrNO2. The molecule has 0 aliphatic heterocycles. The molecule has 15 heavy (non-hydrogen) atoms. The number of rotatable bonds is 2. The van der Waals surface area contributed by atoms with Gasteiger partial charge in [0.05, 0.1) is 18.2 Å². The third kappa shape index (κ3) is 2.37. The first-order chi connectivity index (χ1) is 7.13. The molecule has 0 saturated heterocycles. The summed E-state index contributed by atoms with van der Waals surface area (Å²) in [5.74, 6) is -0.478. The smallest absolute Gasteiger partial charge is 0.339 e. The fourth-order valence-corrected chi connectivity index (χ4v) is 1.87. The summed E-state index contributed by atoms with van der Waals surface area (Å²) in [6.45, 7) is 1.90. The molecule has 0 atom stereocenters. The molecule has 0 radical (unpaired) electrons. The van der Waals surface area contributed by atoms with Gasteiger partial charge in [-0.15, -0.1) is 0 Å². The fraction of sp³-hybridized carbons (Fsp3) is 0.273. The SMILES string of the molecule is COC(=O)c1cc(CBr)c(C)cc1C#N.